The molecule has 0 amide bonds. The molecule has 6 heteroatoms. The number of benzene rings is 2. The summed E-state index contributed by atoms with van der Waals surface area (Å²) in [6, 6.07) is 13.0. The molecular weight excluding hydrogens is 276 g/mol. The van der Waals surface area contributed by atoms with Gasteiger partial charge in [0.25, 0.3) is 0 Å². The van der Waals surface area contributed by atoms with Crippen LogP contribution >= 0.6 is 0 Å². The van der Waals surface area contributed by atoms with E-state index in [9.17, 15) is 9.59 Å². The molecule has 2 N–H and O–H groups in total. The first kappa shape index (κ1) is 14.4. The van der Waals surface area contributed by atoms with Crippen LogP contribution in [0.2, 0.25) is 0 Å². The van der Waals surface area contributed by atoms with Crippen molar-refractivity contribution < 1.29 is 29.6 Å². The van der Waals surface area contributed by atoms with E-state index in [0.717, 1.165) is 6.42 Å². The van der Waals surface area contributed by atoms with Gasteiger partial charge in [0.1, 0.15) is 0 Å². The van der Waals surface area contributed by atoms with E-state index in [1.807, 2.05) is 0 Å². The molecule has 0 saturated heterocycles. The van der Waals surface area contributed by atoms with Crippen LogP contribution in [0.25, 0.3) is 16.8 Å². The summed E-state index contributed by atoms with van der Waals surface area (Å²) in [5.74, 6) is 0. The van der Waals surface area contributed by atoms with Crippen molar-refractivity contribution >= 4 is 29.2 Å². The molecule has 0 radical (unpaired) electrons. The Hall–Kier alpha value is -3.02. The monoisotopic (exact) mass is 288 g/mol. The largest absolute Gasteiger partial charge is 0.547 e. The van der Waals surface area contributed by atoms with Crippen molar-refractivity contribution in [3.05, 3.63) is 53.6 Å². The van der Waals surface area contributed by atoms with Gasteiger partial charge < -0.3 is 10.2 Å². The van der Waals surface area contributed by atoms with Crippen molar-refractivity contribution in [2.75, 3.05) is 0 Å². The molecule has 0 aliphatic heterocycles. The number of hydrogen-bond donors (Lipinski definition) is 2. The number of hydrogen-bond acceptors (Lipinski definition) is 4. The van der Waals surface area contributed by atoms with Gasteiger partial charge in [-0.3, -0.25) is 0 Å². The van der Waals surface area contributed by atoms with Gasteiger partial charge in [-0.2, -0.15) is 0 Å². The Kier molecular flexibility index (Phi) is 4.40. The minimum absolute atomic E-state index is 1.08. The lowest BCUT2D eigenvalue weighted by Gasteiger charge is -2.11. The molecule has 6 nitrogen and oxygen atoms in total. The first-order chi connectivity index (χ1) is 10.1. The molecular formula is C15H12O6. The fourth-order valence-electron chi connectivity index (χ4n) is 2.14. The maximum absolute atomic E-state index is 9.29. The lowest BCUT2D eigenvalue weighted by molar-refractivity contribution is -0.208. The summed E-state index contributed by atoms with van der Waals surface area (Å²) in [6.45, 7) is 0. The normalized spacial score (nSPS) is 11.2. The summed E-state index contributed by atoms with van der Waals surface area (Å²) in [5.41, 5.74) is 2.81. The molecule has 1 aliphatic rings. The fourth-order valence-corrected chi connectivity index (χ4v) is 2.14. The molecule has 3 rings (SSSR count). The predicted molar refractivity (Wildman–Crippen MR) is 74.9 cm³/mol. The highest BCUT2D eigenvalue weighted by atomic mass is 17.2. The molecule has 0 bridgehead atoms. The molecule has 2 aromatic rings. The SMILES string of the molecule is C1=Cc2cccc3cccc(c23)C1.O=C(O)OOC(=O)O. The Labute approximate surface area is 119 Å². The zero-order chi connectivity index (χ0) is 15.2. The summed E-state index contributed by atoms with van der Waals surface area (Å²) in [5, 5.41) is 17.9. The summed E-state index contributed by atoms with van der Waals surface area (Å²) >= 11 is 0. The fraction of sp³-hybridized carbons (Fsp3) is 0.0667. The zero-order valence-electron chi connectivity index (χ0n) is 10.9. The van der Waals surface area contributed by atoms with Gasteiger partial charge in [0.05, 0.1) is 0 Å². The van der Waals surface area contributed by atoms with Crippen molar-refractivity contribution in [3.63, 3.8) is 0 Å². The van der Waals surface area contributed by atoms with Gasteiger partial charge in [-0.25, -0.2) is 19.4 Å². The molecule has 0 aromatic heterocycles. The number of carboxylic acid groups (broad SMARTS) is 2. The van der Waals surface area contributed by atoms with Crippen molar-refractivity contribution in [3.8, 4) is 0 Å². The average Bonchev–Trinajstić information content (AvgIpc) is 2.47. The molecule has 0 atom stereocenters. The van der Waals surface area contributed by atoms with Gasteiger partial charge in [-0.05, 0) is 28.3 Å². The highest BCUT2D eigenvalue weighted by Crippen LogP contribution is 2.27. The smallest absolute Gasteiger partial charge is 0.447 e. The Morgan fingerprint density at radius 2 is 1.57 bits per heavy atom. The van der Waals surface area contributed by atoms with Crippen LogP contribution in [-0.2, 0) is 16.2 Å². The van der Waals surface area contributed by atoms with E-state index >= 15 is 0 Å². The highest BCUT2D eigenvalue weighted by Gasteiger charge is 2.06. The van der Waals surface area contributed by atoms with Gasteiger partial charge >= 0.3 is 12.3 Å². The van der Waals surface area contributed by atoms with E-state index in [-0.39, 0.29) is 0 Å². The molecule has 0 spiro atoms. The van der Waals surface area contributed by atoms with Gasteiger partial charge in [0.2, 0.25) is 0 Å². The third-order valence-electron chi connectivity index (χ3n) is 2.84. The van der Waals surface area contributed by atoms with Crippen molar-refractivity contribution in [2.24, 2.45) is 0 Å². The third-order valence-corrected chi connectivity index (χ3v) is 2.84. The third kappa shape index (κ3) is 3.73. The molecule has 0 unspecified atom stereocenters. The topological polar surface area (TPSA) is 93.1 Å². The van der Waals surface area contributed by atoms with E-state index < -0.39 is 12.3 Å². The van der Waals surface area contributed by atoms with Crippen LogP contribution in [0.1, 0.15) is 11.1 Å². The molecule has 0 fully saturated rings. The second kappa shape index (κ2) is 6.42. The molecule has 108 valence electrons. The second-order valence-electron chi connectivity index (χ2n) is 4.17. The number of rotatable bonds is 0. The summed E-state index contributed by atoms with van der Waals surface area (Å²) in [7, 11) is 0. The highest BCUT2D eigenvalue weighted by molar-refractivity contribution is 5.94. The van der Waals surface area contributed by atoms with Crippen LogP contribution in [0.5, 0.6) is 0 Å². The molecule has 2 aromatic carbocycles. The minimum Gasteiger partial charge on any atom is -0.447 e. The van der Waals surface area contributed by atoms with E-state index in [0.29, 0.717) is 0 Å². The predicted octanol–water partition coefficient (Wildman–Crippen LogP) is 3.70. The number of carbonyl (C=O) groups is 2. The Balaban J connectivity index is 0.000000177. The molecule has 0 heterocycles. The van der Waals surface area contributed by atoms with E-state index in [4.69, 9.17) is 10.2 Å². The van der Waals surface area contributed by atoms with Crippen LogP contribution in [0.15, 0.2) is 42.5 Å². The van der Waals surface area contributed by atoms with E-state index in [2.05, 4.69) is 58.3 Å². The first-order valence-corrected chi connectivity index (χ1v) is 6.05. The Morgan fingerprint density at radius 3 is 2.19 bits per heavy atom. The van der Waals surface area contributed by atoms with Crippen LogP contribution in [0, 0.1) is 0 Å². The van der Waals surface area contributed by atoms with Crippen LogP contribution in [0.3, 0.4) is 0 Å². The lowest BCUT2D eigenvalue weighted by atomic mass is 9.93. The maximum atomic E-state index is 9.29. The molecule has 21 heavy (non-hydrogen) atoms. The molecule has 1 aliphatic carbocycles. The first-order valence-electron chi connectivity index (χ1n) is 6.05. The standard InChI is InChI=1S/C13H10.C2H2O6/c1-4-10-6-2-8-12-9-3-7-11(5-1)13(10)12;3-1(4)7-8-2(5)6/h1-8H,9H2;(H,3,4)(H,5,6). The minimum atomic E-state index is -1.80. The summed E-state index contributed by atoms with van der Waals surface area (Å²) in [4.78, 5) is 24.8. The van der Waals surface area contributed by atoms with Crippen LogP contribution in [-0.4, -0.2) is 22.5 Å². The van der Waals surface area contributed by atoms with Gasteiger partial charge in [-0.1, -0.05) is 48.6 Å². The van der Waals surface area contributed by atoms with Crippen molar-refractivity contribution in [1.82, 2.24) is 0 Å². The maximum Gasteiger partial charge on any atom is 0.547 e. The average molecular weight is 288 g/mol. The van der Waals surface area contributed by atoms with Crippen molar-refractivity contribution in [2.45, 2.75) is 6.42 Å². The van der Waals surface area contributed by atoms with Crippen LogP contribution in [0.4, 0.5) is 9.59 Å². The van der Waals surface area contributed by atoms with E-state index in [1.54, 1.807) is 0 Å². The second-order valence-corrected chi connectivity index (χ2v) is 4.17. The van der Waals surface area contributed by atoms with Gasteiger partial charge in [0.15, 0.2) is 0 Å². The van der Waals surface area contributed by atoms with E-state index in [1.165, 1.54) is 21.9 Å². The quantitative estimate of drug-likeness (QED) is 0.567. The summed E-state index contributed by atoms with van der Waals surface area (Å²) in [6.07, 6.45) is 1.93. The number of allylic oxidation sites excluding steroid dienone is 1. The Morgan fingerprint density at radius 1 is 0.952 bits per heavy atom. The summed E-state index contributed by atoms with van der Waals surface area (Å²) < 4.78 is 0. The van der Waals surface area contributed by atoms with Crippen molar-refractivity contribution in [1.29, 1.82) is 0 Å². The van der Waals surface area contributed by atoms with Gasteiger partial charge in [-0.15, -0.1) is 0 Å². The Bertz CT molecular complexity index is 685. The molecule has 0 saturated carbocycles. The lowest BCUT2D eigenvalue weighted by Crippen LogP contribution is -2.05. The van der Waals surface area contributed by atoms with Gasteiger partial charge in [0, 0.05) is 0 Å². The zero-order valence-corrected chi connectivity index (χ0v) is 10.9. The van der Waals surface area contributed by atoms with Crippen LogP contribution < -0.4 is 0 Å².